The normalized spacial score (nSPS) is 10.5. The van der Waals surface area contributed by atoms with Crippen molar-refractivity contribution >= 4 is 17.8 Å². The summed E-state index contributed by atoms with van der Waals surface area (Å²) in [6.45, 7) is 0.714. The van der Waals surface area contributed by atoms with Gasteiger partial charge in [0.2, 0.25) is 5.91 Å². The molecule has 2 rings (SSSR count). The number of amides is 1. The Kier molecular flexibility index (Phi) is 6.59. The highest BCUT2D eigenvalue weighted by Gasteiger charge is 1.99. The molecule has 0 aliphatic rings. The predicted octanol–water partition coefficient (Wildman–Crippen LogP) is 2.43. The topological polar surface area (TPSA) is 75.6 Å². The van der Waals surface area contributed by atoms with Crippen LogP contribution in [0.15, 0.2) is 53.9 Å². The Morgan fingerprint density at radius 2 is 2.13 bits per heavy atom. The zero-order chi connectivity index (χ0) is 16.3. The van der Waals surface area contributed by atoms with Crippen molar-refractivity contribution in [3.63, 3.8) is 0 Å². The van der Waals surface area contributed by atoms with Crippen LogP contribution in [-0.4, -0.2) is 30.8 Å². The smallest absolute Gasteiger partial charge is 0.240 e. The molecule has 1 heterocycles. The molecular weight excluding hydrogens is 292 g/mol. The van der Waals surface area contributed by atoms with Crippen molar-refractivity contribution in [2.24, 2.45) is 5.10 Å². The van der Waals surface area contributed by atoms with E-state index in [1.54, 1.807) is 25.7 Å². The van der Waals surface area contributed by atoms with Crippen LogP contribution < -0.4 is 15.5 Å². The van der Waals surface area contributed by atoms with Crippen molar-refractivity contribution in [3.05, 3.63) is 54.4 Å². The van der Waals surface area contributed by atoms with Crippen molar-refractivity contribution in [2.45, 2.75) is 12.8 Å². The quantitative estimate of drug-likeness (QED) is 0.446. The maximum atomic E-state index is 11.6. The molecular formula is C17H20N4O2. The number of hydrogen-bond acceptors (Lipinski definition) is 5. The maximum Gasteiger partial charge on any atom is 0.240 e. The monoisotopic (exact) mass is 312 g/mol. The number of hydrogen-bond donors (Lipinski definition) is 2. The van der Waals surface area contributed by atoms with Crippen molar-refractivity contribution in [3.8, 4) is 5.75 Å². The second kappa shape index (κ2) is 9.19. The third kappa shape index (κ3) is 6.17. The van der Waals surface area contributed by atoms with E-state index in [0.29, 0.717) is 13.0 Å². The highest BCUT2D eigenvalue weighted by atomic mass is 16.5. The van der Waals surface area contributed by atoms with E-state index in [1.165, 1.54) is 0 Å². The van der Waals surface area contributed by atoms with Crippen LogP contribution in [0.3, 0.4) is 0 Å². The number of hydrazone groups is 1. The van der Waals surface area contributed by atoms with E-state index in [1.807, 2.05) is 36.4 Å². The summed E-state index contributed by atoms with van der Waals surface area (Å²) in [6.07, 6.45) is 6.06. The molecule has 0 aliphatic carbocycles. The number of benzene rings is 1. The van der Waals surface area contributed by atoms with Gasteiger partial charge < -0.3 is 10.1 Å². The van der Waals surface area contributed by atoms with Crippen LogP contribution in [0.25, 0.3) is 0 Å². The highest BCUT2D eigenvalue weighted by molar-refractivity contribution is 5.81. The number of nitrogens with one attached hydrogen (secondary N) is 2. The molecule has 0 atom stereocenters. The van der Waals surface area contributed by atoms with E-state index >= 15 is 0 Å². The van der Waals surface area contributed by atoms with Gasteiger partial charge in [-0.1, -0.05) is 6.07 Å². The lowest BCUT2D eigenvalue weighted by Crippen LogP contribution is -2.18. The second-order valence-electron chi connectivity index (χ2n) is 4.84. The average Bonchev–Trinajstić information content (AvgIpc) is 2.60. The molecule has 23 heavy (non-hydrogen) atoms. The van der Waals surface area contributed by atoms with Crippen molar-refractivity contribution in [1.29, 1.82) is 0 Å². The summed E-state index contributed by atoms with van der Waals surface area (Å²) in [6, 6.07) is 11.3. The van der Waals surface area contributed by atoms with Gasteiger partial charge in [-0.05, 0) is 36.8 Å². The molecule has 2 N–H and O–H groups in total. The number of carbonyl (C=O) groups excluding carboxylic acids is 1. The lowest BCUT2D eigenvalue weighted by Gasteiger charge is -2.06. The van der Waals surface area contributed by atoms with Crippen LogP contribution >= 0.6 is 0 Å². The van der Waals surface area contributed by atoms with Crippen LogP contribution in [0.5, 0.6) is 5.75 Å². The molecule has 0 saturated carbocycles. The van der Waals surface area contributed by atoms with Gasteiger partial charge in [-0.3, -0.25) is 9.78 Å². The molecule has 6 nitrogen and oxygen atoms in total. The van der Waals surface area contributed by atoms with Gasteiger partial charge in [0.05, 0.1) is 13.3 Å². The Morgan fingerprint density at radius 3 is 2.83 bits per heavy atom. The SMILES string of the molecule is COc1ccc(NCCCC(=O)NN=Cc2cccnc2)cc1. The Labute approximate surface area is 135 Å². The third-order valence-electron chi connectivity index (χ3n) is 3.09. The molecule has 0 saturated heterocycles. The first-order valence-corrected chi connectivity index (χ1v) is 7.38. The fraction of sp³-hybridized carbons (Fsp3) is 0.235. The Morgan fingerprint density at radius 1 is 1.30 bits per heavy atom. The zero-order valence-electron chi connectivity index (χ0n) is 13.0. The number of carbonyl (C=O) groups is 1. The van der Waals surface area contributed by atoms with Gasteiger partial charge >= 0.3 is 0 Å². The molecule has 120 valence electrons. The minimum atomic E-state index is -0.110. The fourth-order valence-corrected chi connectivity index (χ4v) is 1.88. The van der Waals surface area contributed by atoms with E-state index in [-0.39, 0.29) is 5.91 Å². The fourth-order valence-electron chi connectivity index (χ4n) is 1.88. The number of anilines is 1. The summed E-state index contributed by atoms with van der Waals surface area (Å²) < 4.78 is 5.10. The largest absolute Gasteiger partial charge is 0.497 e. The first-order chi connectivity index (χ1) is 11.3. The number of ether oxygens (including phenoxy) is 1. The van der Waals surface area contributed by atoms with Crippen LogP contribution in [0.4, 0.5) is 5.69 Å². The summed E-state index contributed by atoms with van der Waals surface area (Å²) in [5.74, 6) is 0.711. The van der Waals surface area contributed by atoms with Crippen molar-refractivity contribution in [2.75, 3.05) is 19.0 Å². The van der Waals surface area contributed by atoms with Gasteiger partial charge in [0.15, 0.2) is 0 Å². The van der Waals surface area contributed by atoms with E-state index in [4.69, 9.17) is 4.74 Å². The number of nitrogens with zero attached hydrogens (tertiary/aromatic N) is 2. The summed E-state index contributed by atoms with van der Waals surface area (Å²) in [7, 11) is 1.64. The first-order valence-electron chi connectivity index (χ1n) is 7.38. The standard InChI is InChI=1S/C17H20N4O2/c1-23-16-8-6-15(7-9-16)19-11-3-5-17(22)21-20-13-14-4-2-10-18-12-14/h2,4,6-10,12-13,19H,3,5,11H2,1H3,(H,21,22). The van der Waals surface area contributed by atoms with E-state index in [9.17, 15) is 4.79 Å². The molecule has 1 aromatic heterocycles. The van der Waals surface area contributed by atoms with Gasteiger partial charge in [0.25, 0.3) is 0 Å². The van der Waals surface area contributed by atoms with Gasteiger partial charge in [-0.15, -0.1) is 0 Å². The van der Waals surface area contributed by atoms with E-state index < -0.39 is 0 Å². The molecule has 1 aromatic carbocycles. The van der Waals surface area contributed by atoms with Gasteiger partial charge in [-0.25, -0.2) is 5.43 Å². The molecule has 0 fully saturated rings. The average molecular weight is 312 g/mol. The third-order valence-corrected chi connectivity index (χ3v) is 3.09. The molecule has 6 heteroatoms. The minimum Gasteiger partial charge on any atom is -0.497 e. The summed E-state index contributed by atoms with van der Waals surface area (Å²) in [4.78, 5) is 15.6. The molecule has 1 amide bonds. The second-order valence-corrected chi connectivity index (χ2v) is 4.84. The molecule has 0 spiro atoms. The van der Waals surface area contributed by atoms with Crippen molar-refractivity contribution < 1.29 is 9.53 Å². The zero-order valence-corrected chi connectivity index (χ0v) is 13.0. The first kappa shape index (κ1) is 16.5. The summed E-state index contributed by atoms with van der Waals surface area (Å²) >= 11 is 0. The molecule has 2 aromatic rings. The number of aromatic nitrogens is 1. The summed E-state index contributed by atoms with van der Waals surface area (Å²) in [5.41, 5.74) is 4.35. The van der Waals surface area contributed by atoms with Crippen LogP contribution in [0, 0.1) is 0 Å². The molecule has 0 bridgehead atoms. The van der Waals surface area contributed by atoms with E-state index in [0.717, 1.165) is 23.4 Å². The highest BCUT2D eigenvalue weighted by Crippen LogP contribution is 2.14. The minimum absolute atomic E-state index is 0.110. The maximum absolute atomic E-state index is 11.6. The molecule has 0 unspecified atom stereocenters. The van der Waals surface area contributed by atoms with Crippen LogP contribution in [-0.2, 0) is 4.79 Å². The van der Waals surface area contributed by atoms with Gasteiger partial charge in [0, 0.05) is 36.6 Å². The van der Waals surface area contributed by atoms with Crippen molar-refractivity contribution in [1.82, 2.24) is 10.4 Å². The summed E-state index contributed by atoms with van der Waals surface area (Å²) in [5, 5.41) is 7.15. The van der Waals surface area contributed by atoms with Crippen LogP contribution in [0.2, 0.25) is 0 Å². The van der Waals surface area contributed by atoms with Gasteiger partial charge in [0.1, 0.15) is 5.75 Å². The Bertz CT molecular complexity index is 627. The molecule has 0 aliphatic heterocycles. The lowest BCUT2D eigenvalue weighted by molar-refractivity contribution is -0.121. The number of rotatable bonds is 8. The predicted molar refractivity (Wildman–Crippen MR) is 90.7 cm³/mol. The Hall–Kier alpha value is -2.89. The Balaban J connectivity index is 1.62. The number of pyridine rings is 1. The lowest BCUT2D eigenvalue weighted by atomic mass is 10.2. The van der Waals surface area contributed by atoms with Crippen LogP contribution in [0.1, 0.15) is 18.4 Å². The van der Waals surface area contributed by atoms with Gasteiger partial charge in [-0.2, -0.15) is 5.10 Å². The van der Waals surface area contributed by atoms with E-state index in [2.05, 4.69) is 20.8 Å². The molecule has 0 radical (unpaired) electrons. The number of methoxy groups -OCH3 is 1.